The van der Waals surface area contributed by atoms with E-state index in [2.05, 4.69) is 20.9 Å². The van der Waals surface area contributed by atoms with E-state index < -0.39 is 5.60 Å². The van der Waals surface area contributed by atoms with E-state index in [1.807, 2.05) is 43.5 Å². The minimum Gasteiger partial charge on any atom is -0.444 e. The Morgan fingerprint density at radius 1 is 1.32 bits per heavy atom. The van der Waals surface area contributed by atoms with Gasteiger partial charge in [-0.1, -0.05) is 15.9 Å². The summed E-state index contributed by atoms with van der Waals surface area (Å²) < 4.78 is 9.86. The number of rotatable bonds is 1. The first-order valence-electron chi connectivity index (χ1n) is 9.29. The SMILES string of the molecule is Cn1c(=O)n(C2CCN(C(=O)OC(C)(C)C)C2)c2c3cc(Br)ccc3ncc21. The van der Waals surface area contributed by atoms with Crippen LogP contribution in [0.2, 0.25) is 0 Å². The van der Waals surface area contributed by atoms with Crippen LogP contribution in [0.1, 0.15) is 33.2 Å². The van der Waals surface area contributed by atoms with Gasteiger partial charge in [-0.2, -0.15) is 0 Å². The Balaban J connectivity index is 1.79. The summed E-state index contributed by atoms with van der Waals surface area (Å²) in [6.07, 6.45) is 2.11. The van der Waals surface area contributed by atoms with E-state index in [4.69, 9.17) is 4.74 Å². The monoisotopic (exact) mass is 446 g/mol. The van der Waals surface area contributed by atoms with Crippen LogP contribution in [0.25, 0.3) is 21.9 Å². The van der Waals surface area contributed by atoms with Crippen LogP contribution in [0.15, 0.2) is 33.7 Å². The zero-order chi connectivity index (χ0) is 20.2. The lowest BCUT2D eigenvalue weighted by Crippen LogP contribution is -2.36. The zero-order valence-electron chi connectivity index (χ0n) is 16.4. The van der Waals surface area contributed by atoms with Gasteiger partial charge in [0.25, 0.3) is 0 Å². The molecule has 1 atom stereocenters. The molecule has 4 rings (SSSR count). The summed E-state index contributed by atoms with van der Waals surface area (Å²) in [4.78, 5) is 31.7. The van der Waals surface area contributed by atoms with Crippen molar-refractivity contribution in [2.75, 3.05) is 13.1 Å². The van der Waals surface area contributed by atoms with Gasteiger partial charge in [0.15, 0.2) is 0 Å². The van der Waals surface area contributed by atoms with Crippen molar-refractivity contribution in [2.45, 2.75) is 38.8 Å². The van der Waals surface area contributed by atoms with Gasteiger partial charge in [-0.15, -0.1) is 0 Å². The Bertz CT molecular complexity index is 1140. The molecule has 1 saturated heterocycles. The molecule has 148 valence electrons. The highest BCUT2D eigenvalue weighted by atomic mass is 79.9. The Labute approximate surface area is 171 Å². The molecule has 8 heteroatoms. The number of fused-ring (bicyclic) bond motifs is 3. The molecule has 1 aromatic carbocycles. The van der Waals surface area contributed by atoms with Gasteiger partial charge in [0.2, 0.25) is 0 Å². The normalized spacial score (nSPS) is 17.6. The average molecular weight is 447 g/mol. The lowest BCUT2D eigenvalue weighted by atomic mass is 10.1. The predicted octanol–water partition coefficient (Wildman–Crippen LogP) is 3.83. The van der Waals surface area contributed by atoms with E-state index in [1.54, 1.807) is 22.7 Å². The molecular formula is C20H23BrN4O3. The third kappa shape index (κ3) is 3.19. The molecule has 1 aliphatic heterocycles. The fraction of sp³-hybridized carbons (Fsp3) is 0.450. The maximum atomic E-state index is 13.1. The minimum atomic E-state index is -0.542. The van der Waals surface area contributed by atoms with E-state index in [1.165, 1.54) is 0 Å². The molecular weight excluding hydrogens is 424 g/mol. The first-order valence-corrected chi connectivity index (χ1v) is 10.1. The summed E-state index contributed by atoms with van der Waals surface area (Å²) in [6.45, 7) is 6.57. The Kier molecular flexibility index (Phi) is 4.49. The molecule has 2 aromatic heterocycles. The molecule has 0 aliphatic carbocycles. The molecule has 1 amide bonds. The van der Waals surface area contributed by atoms with Crippen LogP contribution >= 0.6 is 15.9 Å². The van der Waals surface area contributed by atoms with Gasteiger partial charge in [0.05, 0.1) is 28.8 Å². The number of benzene rings is 1. The van der Waals surface area contributed by atoms with Crippen molar-refractivity contribution in [3.8, 4) is 0 Å². The van der Waals surface area contributed by atoms with Crippen molar-refractivity contribution >= 4 is 44.0 Å². The first kappa shape index (κ1) is 19.0. The molecule has 0 radical (unpaired) electrons. The first-order chi connectivity index (χ1) is 13.2. The number of nitrogens with zero attached hydrogens (tertiary/aromatic N) is 4. The number of amides is 1. The summed E-state index contributed by atoms with van der Waals surface area (Å²) >= 11 is 3.52. The number of hydrogen-bond donors (Lipinski definition) is 0. The third-order valence-corrected chi connectivity index (χ3v) is 5.55. The van der Waals surface area contributed by atoms with Crippen LogP contribution in [-0.4, -0.2) is 43.8 Å². The number of ether oxygens (including phenoxy) is 1. The highest BCUT2D eigenvalue weighted by Gasteiger charge is 2.33. The fourth-order valence-corrected chi connectivity index (χ4v) is 4.14. The number of halogens is 1. The molecule has 0 N–H and O–H groups in total. The van der Waals surface area contributed by atoms with Crippen LogP contribution in [0.3, 0.4) is 0 Å². The number of likely N-dealkylation sites (tertiary alicyclic amines) is 1. The zero-order valence-corrected chi connectivity index (χ0v) is 18.0. The number of imidazole rings is 1. The Hall–Kier alpha value is -2.35. The van der Waals surface area contributed by atoms with Gasteiger partial charge in [0.1, 0.15) is 5.60 Å². The van der Waals surface area contributed by atoms with Crippen molar-refractivity contribution < 1.29 is 9.53 Å². The van der Waals surface area contributed by atoms with Gasteiger partial charge in [0, 0.05) is 30.0 Å². The maximum Gasteiger partial charge on any atom is 0.410 e. The number of carbonyl (C=O) groups excluding carboxylic acids is 1. The summed E-state index contributed by atoms with van der Waals surface area (Å²) in [7, 11) is 1.76. The quantitative estimate of drug-likeness (QED) is 0.569. The number of aryl methyl sites for hydroxylation is 1. The summed E-state index contributed by atoms with van der Waals surface area (Å²) in [5.41, 5.74) is 1.83. The van der Waals surface area contributed by atoms with Gasteiger partial charge in [-0.3, -0.25) is 14.1 Å². The molecule has 0 saturated carbocycles. The second-order valence-electron chi connectivity index (χ2n) is 8.23. The van der Waals surface area contributed by atoms with E-state index >= 15 is 0 Å². The van der Waals surface area contributed by atoms with Crippen LogP contribution < -0.4 is 5.69 Å². The standard InChI is InChI=1S/C20H23BrN4O3/c1-20(2,3)28-19(27)24-8-7-13(11-24)25-17-14-9-12(21)5-6-15(14)22-10-16(17)23(4)18(25)26/h5-6,9-10,13H,7-8,11H2,1-4H3. The number of carbonyl (C=O) groups is 1. The molecule has 1 aliphatic rings. The fourth-order valence-electron chi connectivity index (χ4n) is 3.78. The van der Waals surface area contributed by atoms with Crippen molar-refractivity contribution in [1.82, 2.24) is 19.0 Å². The van der Waals surface area contributed by atoms with E-state index in [9.17, 15) is 9.59 Å². The molecule has 3 heterocycles. The van der Waals surface area contributed by atoms with Crippen molar-refractivity contribution in [3.05, 3.63) is 39.4 Å². The Morgan fingerprint density at radius 3 is 2.79 bits per heavy atom. The van der Waals surface area contributed by atoms with E-state index in [-0.39, 0.29) is 17.8 Å². The van der Waals surface area contributed by atoms with Gasteiger partial charge >= 0.3 is 11.8 Å². The Morgan fingerprint density at radius 2 is 2.07 bits per heavy atom. The second-order valence-corrected chi connectivity index (χ2v) is 9.15. The van der Waals surface area contributed by atoms with Gasteiger partial charge in [-0.25, -0.2) is 9.59 Å². The molecule has 0 spiro atoms. The summed E-state index contributed by atoms with van der Waals surface area (Å²) in [5.74, 6) is 0. The maximum absolute atomic E-state index is 13.1. The molecule has 3 aromatic rings. The number of pyridine rings is 1. The summed E-state index contributed by atoms with van der Waals surface area (Å²) in [5, 5.41) is 0.917. The van der Waals surface area contributed by atoms with Crippen LogP contribution in [0.4, 0.5) is 4.79 Å². The molecule has 7 nitrogen and oxygen atoms in total. The lowest BCUT2D eigenvalue weighted by Gasteiger charge is -2.24. The minimum absolute atomic E-state index is 0.0969. The highest BCUT2D eigenvalue weighted by molar-refractivity contribution is 9.10. The average Bonchev–Trinajstić information content (AvgIpc) is 3.18. The molecule has 1 fully saturated rings. The highest BCUT2D eigenvalue weighted by Crippen LogP contribution is 2.31. The summed E-state index contributed by atoms with van der Waals surface area (Å²) in [6, 6.07) is 5.75. The lowest BCUT2D eigenvalue weighted by molar-refractivity contribution is 0.0289. The third-order valence-electron chi connectivity index (χ3n) is 5.06. The predicted molar refractivity (Wildman–Crippen MR) is 112 cm³/mol. The van der Waals surface area contributed by atoms with E-state index in [0.29, 0.717) is 19.5 Å². The smallest absolute Gasteiger partial charge is 0.410 e. The van der Waals surface area contributed by atoms with Crippen molar-refractivity contribution in [3.63, 3.8) is 0 Å². The largest absolute Gasteiger partial charge is 0.444 e. The topological polar surface area (TPSA) is 69.4 Å². The van der Waals surface area contributed by atoms with Gasteiger partial charge < -0.3 is 9.64 Å². The van der Waals surface area contributed by atoms with Gasteiger partial charge in [-0.05, 0) is 45.4 Å². The molecule has 0 bridgehead atoms. The second kappa shape index (κ2) is 6.62. The van der Waals surface area contributed by atoms with Crippen LogP contribution in [-0.2, 0) is 11.8 Å². The van der Waals surface area contributed by atoms with Crippen molar-refractivity contribution in [1.29, 1.82) is 0 Å². The van der Waals surface area contributed by atoms with Crippen LogP contribution in [0, 0.1) is 0 Å². The van der Waals surface area contributed by atoms with Crippen molar-refractivity contribution in [2.24, 2.45) is 7.05 Å². The molecule has 1 unspecified atom stereocenters. The van der Waals surface area contributed by atoms with Crippen LogP contribution in [0.5, 0.6) is 0 Å². The number of hydrogen-bond acceptors (Lipinski definition) is 4. The van der Waals surface area contributed by atoms with E-state index in [0.717, 1.165) is 26.4 Å². The number of aromatic nitrogens is 3. The molecule has 28 heavy (non-hydrogen) atoms.